The summed E-state index contributed by atoms with van der Waals surface area (Å²) in [6.07, 6.45) is -3.89. The number of alkyl halides is 3. The van der Waals surface area contributed by atoms with Crippen LogP contribution in [0.5, 0.6) is 11.5 Å². The Morgan fingerprint density at radius 3 is 2.29 bits per heavy atom. The SMILES string of the molecule is COc1ccc(C2(c3cccc(-c4cc(Cl)cc(OS(C)(=O)=O)c4)c3)N=C(N)N(C)C2=O)cc1C(F)(F)F. The fraction of sp³-hybridized carbons (Fsp3) is 0.200. The number of likely N-dealkylation sites (N-methyl/N-ethyl adjacent to an activating group) is 1. The summed E-state index contributed by atoms with van der Waals surface area (Å²) in [6.45, 7) is 0. The van der Waals surface area contributed by atoms with E-state index < -0.39 is 39.1 Å². The molecule has 0 spiro atoms. The van der Waals surface area contributed by atoms with Crippen molar-refractivity contribution in [3.63, 3.8) is 0 Å². The Morgan fingerprint density at radius 2 is 1.71 bits per heavy atom. The van der Waals surface area contributed by atoms with Crippen molar-refractivity contribution < 1.29 is 35.3 Å². The van der Waals surface area contributed by atoms with Crippen LogP contribution in [-0.4, -0.2) is 45.6 Å². The summed E-state index contributed by atoms with van der Waals surface area (Å²) in [5.74, 6) is -1.31. The highest BCUT2D eigenvalue weighted by molar-refractivity contribution is 7.86. The van der Waals surface area contributed by atoms with Crippen LogP contribution in [0.2, 0.25) is 5.02 Å². The number of amides is 1. The topological polar surface area (TPSA) is 111 Å². The molecule has 13 heteroatoms. The van der Waals surface area contributed by atoms with Crippen LogP contribution >= 0.6 is 11.6 Å². The smallest absolute Gasteiger partial charge is 0.419 e. The van der Waals surface area contributed by atoms with Gasteiger partial charge in [-0.25, -0.2) is 4.99 Å². The molecule has 1 heterocycles. The fourth-order valence-corrected chi connectivity index (χ4v) is 4.89. The number of ether oxygens (including phenoxy) is 1. The van der Waals surface area contributed by atoms with Gasteiger partial charge >= 0.3 is 16.3 Å². The molecule has 0 aromatic heterocycles. The number of benzene rings is 3. The van der Waals surface area contributed by atoms with E-state index in [1.807, 2.05) is 0 Å². The van der Waals surface area contributed by atoms with Gasteiger partial charge in [0.25, 0.3) is 5.91 Å². The molecule has 1 aliphatic heterocycles. The van der Waals surface area contributed by atoms with Gasteiger partial charge in [0, 0.05) is 18.1 Å². The van der Waals surface area contributed by atoms with Gasteiger partial charge in [-0.15, -0.1) is 0 Å². The Kier molecular flexibility index (Phi) is 6.83. The normalized spacial score (nSPS) is 17.9. The zero-order chi connectivity index (χ0) is 28.0. The van der Waals surface area contributed by atoms with E-state index in [4.69, 9.17) is 26.3 Å². The third-order valence-corrected chi connectivity index (χ3v) is 6.61. The number of halogens is 4. The number of hydrogen-bond donors (Lipinski definition) is 1. The molecular weight excluding hydrogens is 547 g/mol. The van der Waals surface area contributed by atoms with Crippen LogP contribution < -0.4 is 14.7 Å². The van der Waals surface area contributed by atoms with Gasteiger partial charge in [0.2, 0.25) is 0 Å². The van der Waals surface area contributed by atoms with Crippen molar-refractivity contribution in [3.05, 3.63) is 82.4 Å². The Bertz CT molecular complexity index is 1580. The van der Waals surface area contributed by atoms with Gasteiger partial charge in [-0.2, -0.15) is 21.6 Å². The van der Waals surface area contributed by atoms with Crippen molar-refractivity contribution in [1.82, 2.24) is 4.90 Å². The van der Waals surface area contributed by atoms with Crippen LogP contribution in [0.15, 0.2) is 65.7 Å². The Labute approximate surface area is 221 Å². The van der Waals surface area contributed by atoms with E-state index in [2.05, 4.69) is 4.99 Å². The summed E-state index contributed by atoms with van der Waals surface area (Å²) >= 11 is 6.18. The molecule has 3 aromatic carbocycles. The number of nitrogens with two attached hydrogens (primary N) is 1. The van der Waals surface area contributed by atoms with Crippen LogP contribution in [0.1, 0.15) is 16.7 Å². The predicted octanol–water partition coefficient (Wildman–Crippen LogP) is 4.40. The second-order valence-corrected chi connectivity index (χ2v) is 10.5. The lowest BCUT2D eigenvalue weighted by atomic mass is 9.81. The summed E-state index contributed by atoms with van der Waals surface area (Å²) < 4.78 is 74.6. The second kappa shape index (κ2) is 9.52. The molecule has 38 heavy (non-hydrogen) atoms. The van der Waals surface area contributed by atoms with Crippen LogP contribution in [0.4, 0.5) is 13.2 Å². The standard InChI is InChI=1S/C25H21ClF3N3O5S/c1-32-22(33)24(31-23(32)30,17-7-8-21(36-2)20(12-17)25(27,28)29)16-6-4-5-14(9-16)15-10-18(26)13-19(11-15)37-38(3,34)35/h4-13H,1-3H3,(H2,30,31). The average Bonchev–Trinajstić information content (AvgIpc) is 3.06. The molecule has 1 atom stereocenters. The molecule has 1 amide bonds. The lowest BCUT2D eigenvalue weighted by molar-refractivity contribution is -0.139. The number of aliphatic imine (C=N–C) groups is 1. The minimum absolute atomic E-state index is 0.0426. The molecule has 3 aromatic rings. The molecule has 200 valence electrons. The van der Waals surface area contributed by atoms with Crippen LogP contribution in [0.25, 0.3) is 11.1 Å². The van der Waals surface area contributed by atoms with Crippen LogP contribution in [0.3, 0.4) is 0 Å². The molecule has 0 radical (unpaired) electrons. The molecule has 0 saturated carbocycles. The minimum Gasteiger partial charge on any atom is -0.496 e. The Hall–Kier alpha value is -3.77. The molecule has 0 bridgehead atoms. The first-order valence-electron chi connectivity index (χ1n) is 10.9. The average molecular weight is 568 g/mol. The van der Waals surface area contributed by atoms with E-state index in [0.717, 1.165) is 30.4 Å². The van der Waals surface area contributed by atoms with Gasteiger partial charge in [-0.05, 0) is 52.6 Å². The first-order chi connectivity index (χ1) is 17.7. The molecule has 2 N–H and O–H groups in total. The highest BCUT2D eigenvalue weighted by atomic mass is 35.5. The molecule has 0 fully saturated rings. The van der Waals surface area contributed by atoms with E-state index in [0.29, 0.717) is 11.1 Å². The first kappa shape index (κ1) is 27.3. The molecular formula is C25H21ClF3N3O5S. The maximum Gasteiger partial charge on any atom is 0.419 e. The molecule has 0 saturated heterocycles. The number of hydrogen-bond acceptors (Lipinski definition) is 7. The second-order valence-electron chi connectivity index (χ2n) is 8.50. The van der Waals surface area contributed by atoms with Crippen molar-refractivity contribution in [1.29, 1.82) is 0 Å². The lowest BCUT2D eigenvalue weighted by Gasteiger charge is -2.27. The van der Waals surface area contributed by atoms with Crippen molar-refractivity contribution in [3.8, 4) is 22.6 Å². The summed E-state index contributed by atoms with van der Waals surface area (Å²) in [7, 11) is -1.36. The van der Waals surface area contributed by atoms with Crippen LogP contribution in [-0.2, 0) is 26.6 Å². The summed E-state index contributed by atoms with van der Waals surface area (Å²) in [5, 5.41) is 0.171. The molecule has 4 rings (SSSR count). The zero-order valence-electron chi connectivity index (χ0n) is 20.2. The Balaban J connectivity index is 1.94. The summed E-state index contributed by atoms with van der Waals surface area (Å²) in [4.78, 5) is 19.0. The maximum atomic E-state index is 13.9. The quantitative estimate of drug-likeness (QED) is 0.442. The fourth-order valence-electron chi connectivity index (χ4n) is 4.21. The van der Waals surface area contributed by atoms with Crippen molar-refractivity contribution in [2.24, 2.45) is 10.7 Å². The van der Waals surface area contributed by atoms with Crippen molar-refractivity contribution in [2.75, 3.05) is 20.4 Å². The maximum absolute atomic E-state index is 13.9. The van der Waals surface area contributed by atoms with E-state index in [9.17, 15) is 26.4 Å². The zero-order valence-corrected chi connectivity index (χ0v) is 21.8. The van der Waals surface area contributed by atoms with Gasteiger partial charge in [0.1, 0.15) is 11.5 Å². The molecule has 0 aliphatic carbocycles. The van der Waals surface area contributed by atoms with Gasteiger partial charge < -0.3 is 14.7 Å². The minimum atomic E-state index is -4.77. The number of carbonyl (C=O) groups is 1. The lowest BCUT2D eigenvalue weighted by Crippen LogP contribution is -2.41. The van der Waals surface area contributed by atoms with Crippen molar-refractivity contribution in [2.45, 2.75) is 11.7 Å². The number of rotatable bonds is 6. The highest BCUT2D eigenvalue weighted by Crippen LogP contribution is 2.45. The first-order valence-corrected chi connectivity index (χ1v) is 13.1. The Morgan fingerprint density at radius 1 is 1.03 bits per heavy atom. The third-order valence-electron chi connectivity index (χ3n) is 5.90. The predicted molar refractivity (Wildman–Crippen MR) is 136 cm³/mol. The van der Waals surface area contributed by atoms with Gasteiger partial charge in [0.15, 0.2) is 11.5 Å². The third kappa shape index (κ3) is 5.01. The largest absolute Gasteiger partial charge is 0.496 e. The van der Waals surface area contributed by atoms with Gasteiger partial charge in [-0.3, -0.25) is 9.69 Å². The van der Waals surface area contributed by atoms with Gasteiger partial charge in [0.05, 0.1) is 18.9 Å². The van der Waals surface area contributed by atoms with Crippen LogP contribution in [0, 0.1) is 0 Å². The van der Waals surface area contributed by atoms with E-state index >= 15 is 0 Å². The molecule has 1 unspecified atom stereocenters. The molecule has 8 nitrogen and oxygen atoms in total. The monoisotopic (exact) mass is 567 g/mol. The summed E-state index contributed by atoms with van der Waals surface area (Å²) in [5.41, 5.74) is 3.97. The number of guanidine groups is 1. The van der Waals surface area contributed by atoms with E-state index in [-0.39, 0.29) is 27.9 Å². The summed E-state index contributed by atoms with van der Waals surface area (Å²) in [6, 6.07) is 13.8. The number of carbonyl (C=O) groups excluding carboxylic acids is 1. The van der Waals surface area contributed by atoms with Crippen molar-refractivity contribution >= 4 is 33.6 Å². The highest BCUT2D eigenvalue weighted by Gasteiger charge is 2.50. The number of methoxy groups -OCH3 is 1. The number of nitrogens with zero attached hydrogens (tertiary/aromatic N) is 2. The molecule has 1 aliphatic rings. The van der Waals surface area contributed by atoms with Gasteiger partial charge in [-0.1, -0.05) is 35.9 Å². The van der Waals surface area contributed by atoms with E-state index in [1.165, 1.54) is 37.4 Å². The van der Waals surface area contributed by atoms with E-state index in [1.54, 1.807) is 18.2 Å².